The van der Waals surface area contributed by atoms with Gasteiger partial charge >= 0.3 is 6.61 Å². The van der Waals surface area contributed by atoms with E-state index in [1.807, 2.05) is 0 Å². The highest BCUT2D eigenvalue weighted by Crippen LogP contribution is 2.26. The molecule has 24 heavy (non-hydrogen) atoms. The maximum Gasteiger partial charge on any atom is 0.387 e. The topological polar surface area (TPSA) is 47.6 Å². The minimum Gasteiger partial charge on any atom is -0.434 e. The van der Waals surface area contributed by atoms with Crippen LogP contribution >= 0.6 is 0 Å². The molecule has 2 unspecified atom stereocenters. The Balaban J connectivity index is 2.02. The molecule has 1 aromatic carbocycles. The van der Waals surface area contributed by atoms with Crippen LogP contribution in [-0.4, -0.2) is 31.3 Å². The summed E-state index contributed by atoms with van der Waals surface area (Å²) in [5.41, 5.74) is 0.128. The Kier molecular flexibility index (Phi) is 6.97. The molecule has 4 nitrogen and oxygen atoms in total. The molecule has 0 bridgehead atoms. The normalized spacial score (nSPS) is 21.1. The van der Waals surface area contributed by atoms with Gasteiger partial charge in [0.2, 0.25) is 0 Å². The van der Waals surface area contributed by atoms with Gasteiger partial charge in [-0.15, -0.1) is 0 Å². The van der Waals surface area contributed by atoms with Gasteiger partial charge in [0.05, 0.1) is 11.7 Å². The molecule has 0 aromatic heterocycles. The molecular formula is C18H25F2NO3. The van der Waals surface area contributed by atoms with E-state index >= 15 is 0 Å². The van der Waals surface area contributed by atoms with E-state index in [0.717, 1.165) is 25.7 Å². The van der Waals surface area contributed by atoms with Gasteiger partial charge in [0.25, 0.3) is 5.91 Å². The maximum atomic E-state index is 12.5. The number of alkyl halides is 2. The predicted molar refractivity (Wildman–Crippen MR) is 87.4 cm³/mol. The van der Waals surface area contributed by atoms with Gasteiger partial charge < -0.3 is 14.8 Å². The van der Waals surface area contributed by atoms with Crippen molar-refractivity contribution in [1.29, 1.82) is 0 Å². The number of rotatable bonds is 7. The van der Waals surface area contributed by atoms with Crippen LogP contribution in [0.4, 0.5) is 8.78 Å². The van der Waals surface area contributed by atoms with Crippen LogP contribution in [0.25, 0.3) is 0 Å². The average Bonchev–Trinajstić information content (AvgIpc) is 2.56. The first-order valence-electron chi connectivity index (χ1n) is 8.51. The first-order chi connectivity index (χ1) is 11.5. The van der Waals surface area contributed by atoms with Crippen molar-refractivity contribution >= 4 is 5.91 Å². The summed E-state index contributed by atoms with van der Waals surface area (Å²) in [5.74, 6) is -0.0193. The molecule has 2 rings (SSSR count). The fourth-order valence-electron chi connectivity index (χ4n) is 3.22. The number of nitrogens with one attached hydrogen (secondary N) is 1. The molecule has 1 fully saturated rings. The van der Waals surface area contributed by atoms with Crippen LogP contribution in [0.2, 0.25) is 0 Å². The molecule has 1 aliphatic heterocycles. The summed E-state index contributed by atoms with van der Waals surface area (Å²) in [4.78, 5) is 12.5. The lowest BCUT2D eigenvalue weighted by atomic mass is 9.89. The highest BCUT2D eigenvalue weighted by Gasteiger charge is 2.29. The van der Waals surface area contributed by atoms with E-state index in [2.05, 4.69) is 23.9 Å². The Morgan fingerprint density at radius 3 is 2.71 bits per heavy atom. The maximum absolute atomic E-state index is 12.5. The quantitative estimate of drug-likeness (QED) is 0.815. The van der Waals surface area contributed by atoms with Crippen molar-refractivity contribution in [2.24, 2.45) is 5.92 Å². The number of carbonyl (C=O) groups excluding carboxylic acids is 1. The van der Waals surface area contributed by atoms with Gasteiger partial charge in [-0.25, -0.2) is 0 Å². The standard InChI is InChI=1S/C18H25F2NO3/c1-3-12(4-2)16-11-13(9-10-23-16)21-17(22)14-7-5-6-8-15(14)24-18(19)20/h5-8,12-13,16,18H,3-4,9-11H2,1-2H3,(H,21,22). The summed E-state index contributed by atoms with van der Waals surface area (Å²) in [6.45, 7) is 1.91. The van der Waals surface area contributed by atoms with E-state index in [0.29, 0.717) is 12.5 Å². The highest BCUT2D eigenvalue weighted by atomic mass is 19.3. The van der Waals surface area contributed by atoms with Crippen molar-refractivity contribution in [3.63, 3.8) is 0 Å². The molecule has 0 radical (unpaired) electrons. The van der Waals surface area contributed by atoms with E-state index in [9.17, 15) is 13.6 Å². The van der Waals surface area contributed by atoms with Gasteiger partial charge in [-0.2, -0.15) is 8.78 Å². The van der Waals surface area contributed by atoms with E-state index in [1.165, 1.54) is 12.1 Å². The van der Waals surface area contributed by atoms with Crippen LogP contribution in [0, 0.1) is 5.92 Å². The lowest BCUT2D eigenvalue weighted by Gasteiger charge is -2.34. The van der Waals surface area contributed by atoms with Gasteiger partial charge in [0.1, 0.15) is 5.75 Å². The summed E-state index contributed by atoms with van der Waals surface area (Å²) in [5, 5.41) is 2.94. The molecule has 1 aliphatic rings. The lowest BCUT2D eigenvalue weighted by Crippen LogP contribution is -2.44. The molecule has 1 heterocycles. The third-order valence-corrected chi connectivity index (χ3v) is 4.57. The van der Waals surface area contributed by atoms with Gasteiger partial charge in [0, 0.05) is 12.6 Å². The summed E-state index contributed by atoms with van der Waals surface area (Å²) in [6.07, 6.45) is 3.67. The Morgan fingerprint density at radius 2 is 2.04 bits per heavy atom. The van der Waals surface area contributed by atoms with E-state index in [1.54, 1.807) is 12.1 Å². The molecule has 1 amide bonds. The van der Waals surface area contributed by atoms with Crippen LogP contribution in [0.3, 0.4) is 0 Å². The number of benzene rings is 1. The molecule has 2 atom stereocenters. The minimum absolute atomic E-state index is 0.0172. The number of carbonyl (C=O) groups is 1. The van der Waals surface area contributed by atoms with Crippen LogP contribution < -0.4 is 10.1 Å². The van der Waals surface area contributed by atoms with Gasteiger partial charge in [-0.05, 0) is 30.9 Å². The summed E-state index contributed by atoms with van der Waals surface area (Å²) < 4.78 is 35.2. The summed E-state index contributed by atoms with van der Waals surface area (Å²) in [6, 6.07) is 6.04. The fraction of sp³-hybridized carbons (Fsp3) is 0.611. The molecule has 134 valence electrons. The molecule has 1 saturated heterocycles. The van der Waals surface area contributed by atoms with E-state index in [-0.39, 0.29) is 29.4 Å². The van der Waals surface area contributed by atoms with Crippen LogP contribution in [0.1, 0.15) is 49.9 Å². The lowest BCUT2D eigenvalue weighted by molar-refractivity contribution is -0.0502. The van der Waals surface area contributed by atoms with Crippen molar-refractivity contribution in [3.05, 3.63) is 29.8 Å². The molecule has 0 aliphatic carbocycles. The second kappa shape index (κ2) is 8.97. The molecule has 0 spiro atoms. The van der Waals surface area contributed by atoms with Crippen LogP contribution in [0.15, 0.2) is 24.3 Å². The second-order valence-corrected chi connectivity index (χ2v) is 6.06. The number of ether oxygens (including phenoxy) is 2. The zero-order chi connectivity index (χ0) is 17.5. The monoisotopic (exact) mass is 341 g/mol. The zero-order valence-corrected chi connectivity index (χ0v) is 14.1. The molecule has 0 saturated carbocycles. The Hall–Kier alpha value is -1.69. The largest absolute Gasteiger partial charge is 0.434 e. The van der Waals surface area contributed by atoms with Crippen LogP contribution in [-0.2, 0) is 4.74 Å². The second-order valence-electron chi connectivity index (χ2n) is 6.06. The zero-order valence-electron chi connectivity index (χ0n) is 14.1. The Labute approximate surface area is 141 Å². The summed E-state index contributed by atoms with van der Waals surface area (Å²) >= 11 is 0. The van der Waals surface area contributed by atoms with E-state index in [4.69, 9.17) is 4.74 Å². The Bertz CT molecular complexity index is 535. The smallest absolute Gasteiger partial charge is 0.387 e. The van der Waals surface area contributed by atoms with E-state index < -0.39 is 6.61 Å². The molecule has 1 N–H and O–H groups in total. The third-order valence-electron chi connectivity index (χ3n) is 4.57. The number of hydrogen-bond donors (Lipinski definition) is 1. The van der Waals surface area contributed by atoms with Gasteiger partial charge in [-0.1, -0.05) is 38.8 Å². The van der Waals surface area contributed by atoms with Crippen molar-refractivity contribution in [3.8, 4) is 5.75 Å². The third kappa shape index (κ3) is 4.90. The Morgan fingerprint density at radius 1 is 1.33 bits per heavy atom. The van der Waals surface area contributed by atoms with Crippen molar-refractivity contribution in [2.75, 3.05) is 6.61 Å². The predicted octanol–water partition coefficient (Wildman–Crippen LogP) is 4.00. The molecular weight excluding hydrogens is 316 g/mol. The number of hydrogen-bond acceptors (Lipinski definition) is 3. The molecule has 1 aromatic rings. The highest BCUT2D eigenvalue weighted by molar-refractivity contribution is 5.97. The minimum atomic E-state index is -2.96. The van der Waals surface area contributed by atoms with Crippen molar-refractivity contribution < 1.29 is 23.0 Å². The van der Waals surface area contributed by atoms with Crippen LogP contribution in [0.5, 0.6) is 5.75 Å². The van der Waals surface area contributed by atoms with Gasteiger partial charge in [0.15, 0.2) is 0 Å². The summed E-state index contributed by atoms with van der Waals surface area (Å²) in [7, 11) is 0. The van der Waals surface area contributed by atoms with Crippen molar-refractivity contribution in [1.82, 2.24) is 5.32 Å². The SMILES string of the molecule is CCC(CC)C1CC(NC(=O)c2ccccc2OC(F)F)CCO1. The average molecular weight is 341 g/mol. The number of para-hydroxylation sites is 1. The van der Waals surface area contributed by atoms with Gasteiger partial charge in [-0.3, -0.25) is 4.79 Å². The van der Waals surface area contributed by atoms with Crippen molar-refractivity contribution in [2.45, 2.75) is 58.3 Å². The molecule has 6 heteroatoms. The first kappa shape index (κ1) is 18.6. The fourth-order valence-corrected chi connectivity index (χ4v) is 3.22. The first-order valence-corrected chi connectivity index (χ1v) is 8.51. The number of amides is 1. The number of halogens is 2.